The first-order chi connectivity index (χ1) is 23.8. The minimum atomic E-state index is -0.313. The Hall–Kier alpha value is -5.22. The van der Waals surface area contributed by atoms with Crippen LogP contribution in [0.4, 0.5) is 4.39 Å². The van der Waals surface area contributed by atoms with Gasteiger partial charge in [-0.05, 0) is 57.3 Å². The van der Waals surface area contributed by atoms with E-state index in [2.05, 4.69) is 86.2 Å². The maximum Gasteiger partial charge on any atom is 0.134 e. The molecule has 50 heavy (non-hydrogen) atoms. The number of hydrogen-bond donors (Lipinski definition) is 0. The number of pyridine rings is 2. The summed E-state index contributed by atoms with van der Waals surface area (Å²) in [6.45, 7) is 8.65. The van der Waals surface area contributed by atoms with Gasteiger partial charge >= 0.3 is 0 Å². The van der Waals surface area contributed by atoms with E-state index in [4.69, 9.17) is 4.42 Å². The number of nitrogens with zero attached hydrogens (tertiary/aromatic N) is 2. The summed E-state index contributed by atoms with van der Waals surface area (Å²) in [4.78, 5) is 8.95. The van der Waals surface area contributed by atoms with Gasteiger partial charge in [0.2, 0.25) is 0 Å². The zero-order chi connectivity index (χ0) is 34.0. The molecule has 8 rings (SSSR count). The van der Waals surface area contributed by atoms with Gasteiger partial charge in [0.25, 0.3) is 0 Å². The molecule has 0 saturated heterocycles. The maximum atomic E-state index is 15.1. The Morgan fingerprint density at radius 1 is 0.640 bits per heavy atom. The van der Waals surface area contributed by atoms with Crippen molar-refractivity contribution in [2.24, 2.45) is 0 Å². The van der Waals surface area contributed by atoms with Crippen LogP contribution >= 0.6 is 0 Å². The second-order valence-corrected chi connectivity index (χ2v) is 13.1. The van der Waals surface area contributed by atoms with Gasteiger partial charge in [0, 0.05) is 37.9 Å². The van der Waals surface area contributed by atoms with Crippen LogP contribution in [-0.4, -0.2) is 9.97 Å². The zero-order valence-electron chi connectivity index (χ0n) is 28.3. The second-order valence-electron chi connectivity index (χ2n) is 13.1. The largest absolute Gasteiger partial charge is 0.500 e. The third-order valence-corrected chi connectivity index (χ3v) is 8.63. The molecule has 5 aromatic carbocycles. The third-order valence-electron chi connectivity index (χ3n) is 8.63. The number of rotatable bonds is 4. The monoisotopic (exact) mass is 831 g/mol. The second kappa shape index (κ2) is 14.7. The van der Waals surface area contributed by atoms with Gasteiger partial charge in [-0.3, -0.25) is 0 Å². The standard InChI is InChI=1S/C29H17FNO.C16H18N.Ir/c30-25-17-16-23-22-9-6-10-24(26-11-4-5-18-31-26)28(22)32-29(23)27(25)21-14-12-20(13-15-21)19-7-2-1-3-8-19;1-12-5-7-13(8-6-12)15-10-9-14(11-17-15)16(2,3)4;/h1-9,11-18H;5-7,9-11H,1-4H3;/q2*-1;. The summed E-state index contributed by atoms with van der Waals surface area (Å²) in [6.07, 6.45) is 3.70. The molecule has 0 unspecified atom stereocenters. The predicted octanol–water partition coefficient (Wildman–Crippen LogP) is 12.1. The van der Waals surface area contributed by atoms with Crippen molar-refractivity contribution < 1.29 is 28.9 Å². The van der Waals surface area contributed by atoms with Crippen LogP contribution < -0.4 is 0 Å². The van der Waals surface area contributed by atoms with Crippen LogP contribution in [0.5, 0.6) is 0 Å². The molecular weight excluding hydrogens is 796 g/mol. The summed E-state index contributed by atoms with van der Waals surface area (Å²) in [5, 5.41) is 1.79. The Morgan fingerprint density at radius 3 is 2.02 bits per heavy atom. The van der Waals surface area contributed by atoms with Crippen molar-refractivity contribution in [3.05, 3.63) is 169 Å². The van der Waals surface area contributed by atoms with Crippen molar-refractivity contribution in [3.8, 4) is 44.8 Å². The molecule has 0 N–H and O–H groups in total. The average molecular weight is 831 g/mol. The molecule has 0 amide bonds. The molecule has 5 heteroatoms. The molecule has 0 atom stereocenters. The number of furan rings is 1. The summed E-state index contributed by atoms with van der Waals surface area (Å²) < 4.78 is 21.4. The first-order valence-electron chi connectivity index (χ1n) is 16.3. The Balaban J connectivity index is 0.000000204. The topological polar surface area (TPSA) is 38.9 Å². The molecule has 1 radical (unpaired) electrons. The van der Waals surface area contributed by atoms with Gasteiger partial charge in [0.15, 0.2) is 0 Å². The summed E-state index contributed by atoms with van der Waals surface area (Å²) in [7, 11) is 0. The molecule has 249 valence electrons. The van der Waals surface area contributed by atoms with E-state index in [1.54, 1.807) is 12.3 Å². The first kappa shape index (κ1) is 34.6. The van der Waals surface area contributed by atoms with E-state index in [1.807, 2.05) is 85.1 Å². The fourth-order valence-corrected chi connectivity index (χ4v) is 5.87. The van der Waals surface area contributed by atoms with Crippen molar-refractivity contribution in [1.82, 2.24) is 9.97 Å². The van der Waals surface area contributed by atoms with Gasteiger partial charge in [-0.2, -0.15) is 0 Å². The van der Waals surface area contributed by atoms with Crippen molar-refractivity contribution in [3.63, 3.8) is 0 Å². The van der Waals surface area contributed by atoms with E-state index in [1.165, 1.54) is 17.2 Å². The Kier molecular flexibility index (Phi) is 10.2. The first-order valence-corrected chi connectivity index (χ1v) is 16.3. The Morgan fingerprint density at radius 2 is 1.36 bits per heavy atom. The molecule has 0 saturated carbocycles. The van der Waals surface area contributed by atoms with Crippen molar-refractivity contribution >= 4 is 21.9 Å². The molecule has 0 bridgehead atoms. The fourth-order valence-electron chi connectivity index (χ4n) is 5.87. The van der Waals surface area contributed by atoms with Gasteiger partial charge in [-0.1, -0.05) is 118 Å². The van der Waals surface area contributed by atoms with E-state index in [9.17, 15) is 0 Å². The third kappa shape index (κ3) is 7.21. The van der Waals surface area contributed by atoms with Crippen LogP contribution in [0.3, 0.4) is 0 Å². The summed E-state index contributed by atoms with van der Waals surface area (Å²) in [6, 6.07) is 47.7. The zero-order valence-corrected chi connectivity index (χ0v) is 30.7. The van der Waals surface area contributed by atoms with Gasteiger partial charge in [-0.25, -0.2) is 4.39 Å². The average Bonchev–Trinajstić information content (AvgIpc) is 3.51. The van der Waals surface area contributed by atoms with E-state index in [0.29, 0.717) is 16.7 Å². The number of halogens is 1. The quantitative estimate of drug-likeness (QED) is 0.166. The summed E-state index contributed by atoms with van der Waals surface area (Å²) >= 11 is 0. The van der Waals surface area contributed by atoms with Crippen molar-refractivity contribution in [1.29, 1.82) is 0 Å². The number of aryl methyl sites for hydroxylation is 1. The molecule has 3 nitrogen and oxygen atoms in total. The molecule has 3 heterocycles. The molecule has 0 aliphatic carbocycles. The molecule has 0 aliphatic heterocycles. The predicted molar refractivity (Wildman–Crippen MR) is 199 cm³/mol. The molecule has 0 fully saturated rings. The number of aromatic nitrogens is 2. The summed E-state index contributed by atoms with van der Waals surface area (Å²) in [5.41, 5.74) is 10.8. The number of benzene rings is 5. The van der Waals surface area contributed by atoms with Gasteiger partial charge < -0.3 is 14.4 Å². The normalized spacial score (nSPS) is 11.1. The smallest absolute Gasteiger partial charge is 0.134 e. The Bertz CT molecular complexity index is 2340. The van der Waals surface area contributed by atoms with Gasteiger partial charge in [-0.15, -0.1) is 53.6 Å². The van der Waals surface area contributed by atoms with Gasteiger partial charge in [0.1, 0.15) is 11.4 Å². The summed E-state index contributed by atoms with van der Waals surface area (Å²) in [5.74, 6) is -0.313. The molecule has 3 aromatic heterocycles. The SMILES string of the molecule is Cc1c[c-]c(-c2ccc(C(C)(C)C)cn2)cc1.Fc1ccc2c(oc3c(-c4ccccn4)[c-]ccc32)c1-c1ccc(-c2ccccc2)cc1.[Ir]. The van der Waals surface area contributed by atoms with E-state index < -0.39 is 0 Å². The molecule has 0 aliphatic rings. The Labute approximate surface area is 306 Å². The van der Waals surface area contributed by atoms with Crippen LogP contribution in [0.15, 0.2) is 144 Å². The van der Waals surface area contributed by atoms with Crippen molar-refractivity contribution in [2.45, 2.75) is 33.1 Å². The maximum absolute atomic E-state index is 15.1. The van der Waals surface area contributed by atoms with E-state index in [-0.39, 0.29) is 31.3 Å². The number of hydrogen-bond acceptors (Lipinski definition) is 3. The van der Waals surface area contributed by atoms with Gasteiger partial charge in [0.05, 0.1) is 11.1 Å². The van der Waals surface area contributed by atoms with Crippen molar-refractivity contribution in [2.75, 3.05) is 0 Å². The van der Waals surface area contributed by atoms with Crippen LogP contribution in [0, 0.1) is 24.9 Å². The number of fused-ring (bicyclic) bond motifs is 3. The van der Waals surface area contributed by atoms with E-state index in [0.717, 1.165) is 50.0 Å². The fraction of sp³-hybridized carbons (Fsp3) is 0.111. The van der Waals surface area contributed by atoms with Crippen LogP contribution in [-0.2, 0) is 25.5 Å². The molecule has 8 aromatic rings. The van der Waals surface area contributed by atoms with E-state index >= 15 is 4.39 Å². The minimum Gasteiger partial charge on any atom is -0.500 e. The van der Waals surface area contributed by atoms with Crippen LogP contribution in [0.2, 0.25) is 0 Å². The molecule has 0 spiro atoms. The minimum absolute atomic E-state index is 0. The molecular formula is C45H35FIrN2O-2. The van der Waals surface area contributed by atoms with Crippen LogP contribution in [0.25, 0.3) is 66.7 Å². The van der Waals surface area contributed by atoms with Crippen LogP contribution in [0.1, 0.15) is 31.9 Å².